The molecule has 1 unspecified atom stereocenters. The summed E-state index contributed by atoms with van der Waals surface area (Å²) in [5.74, 6) is 0.824. The van der Waals surface area contributed by atoms with Gasteiger partial charge in [0.25, 0.3) is 5.91 Å². The topological polar surface area (TPSA) is 78.4 Å². The average molecular weight is 393 g/mol. The Morgan fingerprint density at radius 1 is 1.10 bits per heavy atom. The van der Waals surface area contributed by atoms with E-state index in [2.05, 4.69) is 35.1 Å². The number of carbonyl (C=O) groups is 2. The normalized spacial score (nSPS) is 19.4. The second-order valence-electron chi connectivity index (χ2n) is 7.91. The van der Waals surface area contributed by atoms with Gasteiger partial charge in [-0.25, -0.2) is 4.98 Å². The van der Waals surface area contributed by atoms with Gasteiger partial charge in [0.2, 0.25) is 5.91 Å². The van der Waals surface area contributed by atoms with Crippen LogP contribution in [0.1, 0.15) is 45.2 Å². The lowest BCUT2D eigenvalue weighted by molar-refractivity contribution is -0.120. The van der Waals surface area contributed by atoms with Crippen LogP contribution in [0.25, 0.3) is 0 Å². The first-order chi connectivity index (χ1) is 13.9. The molecule has 0 radical (unpaired) electrons. The summed E-state index contributed by atoms with van der Waals surface area (Å²) in [5.41, 5.74) is 4.72. The van der Waals surface area contributed by atoms with Crippen LogP contribution in [0.5, 0.6) is 0 Å². The van der Waals surface area contributed by atoms with Gasteiger partial charge in [-0.2, -0.15) is 0 Å². The van der Waals surface area contributed by atoms with E-state index in [9.17, 15) is 9.59 Å². The molecule has 152 valence electrons. The van der Waals surface area contributed by atoms with Gasteiger partial charge in [-0.15, -0.1) is 0 Å². The fourth-order valence-electron chi connectivity index (χ4n) is 4.07. The Morgan fingerprint density at radius 3 is 2.48 bits per heavy atom. The second-order valence-corrected chi connectivity index (χ2v) is 7.91. The number of hydrogen-bond donors (Lipinski definition) is 1. The van der Waals surface area contributed by atoms with Gasteiger partial charge in [0.15, 0.2) is 0 Å². The van der Waals surface area contributed by atoms with E-state index in [1.807, 2.05) is 11.8 Å². The number of carbonyl (C=O) groups excluding carboxylic acids is 2. The van der Waals surface area contributed by atoms with Crippen LogP contribution in [0, 0.1) is 20.8 Å². The van der Waals surface area contributed by atoms with Crippen molar-refractivity contribution in [3.8, 4) is 0 Å². The lowest BCUT2D eigenvalue weighted by Gasteiger charge is -2.36. The third-order valence-corrected chi connectivity index (χ3v) is 5.94. The van der Waals surface area contributed by atoms with E-state index in [0.29, 0.717) is 25.2 Å². The van der Waals surface area contributed by atoms with E-state index < -0.39 is 0 Å². The van der Waals surface area contributed by atoms with Crippen molar-refractivity contribution in [3.05, 3.63) is 52.5 Å². The molecule has 0 saturated carbocycles. The monoisotopic (exact) mass is 393 g/mol. The molecule has 1 atom stereocenters. The van der Waals surface area contributed by atoms with Crippen LogP contribution in [-0.2, 0) is 4.79 Å². The molecule has 4 rings (SSSR count). The highest BCUT2D eigenvalue weighted by atomic mass is 16.2. The van der Waals surface area contributed by atoms with Crippen molar-refractivity contribution in [2.24, 2.45) is 0 Å². The molecule has 2 amide bonds. The van der Waals surface area contributed by atoms with Gasteiger partial charge in [0.1, 0.15) is 5.82 Å². The number of nitrogens with zero attached hydrogens (tertiary/aromatic N) is 4. The molecule has 2 aliphatic heterocycles. The minimum absolute atomic E-state index is 0.00987. The van der Waals surface area contributed by atoms with Crippen molar-refractivity contribution in [1.82, 2.24) is 20.2 Å². The molecule has 2 aromatic rings. The van der Waals surface area contributed by atoms with Crippen LogP contribution >= 0.6 is 0 Å². The Labute approximate surface area is 171 Å². The van der Waals surface area contributed by atoms with Crippen molar-refractivity contribution in [2.75, 3.05) is 37.6 Å². The summed E-state index contributed by atoms with van der Waals surface area (Å²) < 4.78 is 0. The molecule has 2 aliphatic rings. The Bertz CT molecular complexity index is 933. The number of hydrogen-bond acceptors (Lipinski definition) is 5. The van der Waals surface area contributed by atoms with E-state index in [4.69, 9.17) is 4.98 Å². The minimum atomic E-state index is -0.198. The first kappa shape index (κ1) is 19.4. The third kappa shape index (κ3) is 3.81. The van der Waals surface area contributed by atoms with Gasteiger partial charge >= 0.3 is 0 Å². The summed E-state index contributed by atoms with van der Waals surface area (Å²) >= 11 is 0. The first-order valence-electron chi connectivity index (χ1n) is 10.2. The standard InChI is InChI=1S/C22H27N5O2/c1-14-12-15(2)20(25-16(14)3)26-8-10-27(11-9-26)22(29)17-4-5-19(24-13-17)18-6-7-23-21(18)28/h4-5,12-13,18H,6-11H2,1-3H3,(H,23,28). The molecule has 0 aromatic carbocycles. The summed E-state index contributed by atoms with van der Waals surface area (Å²) in [4.78, 5) is 38.0. The largest absolute Gasteiger partial charge is 0.355 e. The van der Waals surface area contributed by atoms with Crippen LogP contribution in [0.15, 0.2) is 24.4 Å². The number of nitrogens with one attached hydrogen (secondary N) is 1. The molecule has 29 heavy (non-hydrogen) atoms. The van der Waals surface area contributed by atoms with Gasteiger partial charge in [-0.3, -0.25) is 14.6 Å². The van der Waals surface area contributed by atoms with Crippen molar-refractivity contribution in [1.29, 1.82) is 0 Å². The zero-order valence-corrected chi connectivity index (χ0v) is 17.2. The maximum absolute atomic E-state index is 12.9. The van der Waals surface area contributed by atoms with Crippen LogP contribution in [0.2, 0.25) is 0 Å². The lowest BCUT2D eigenvalue weighted by atomic mass is 10.0. The highest BCUT2D eigenvalue weighted by molar-refractivity contribution is 5.94. The molecule has 2 aromatic heterocycles. The fourth-order valence-corrected chi connectivity index (χ4v) is 4.07. The van der Waals surface area contributed by atoms with Crippen molar-refractivity contribution < 1.29 is 9.59 Å². The molecule has 7 heteroatoms. The van der Waals surface area contributed by atoms with Crippen LogP contribution in [0.4, 0.5) is 5.82 Å². The summed E-state index contributed by atoms with van der Waals surface area (Å²) in [6.45, 7) is 9.71. The molecule has 0 spiro atoms. The molecular formula is C22H27N5O2. The minimum Gasteiger partial charge on any atom is -0.355 e. The van der Waals surface area contributed by atoms with Crippen molar-refractivity contribution in [2.45, 2.75) is 33.1 Å². The number of anilines is 1. The summed E-state index contributed by atoms with van der Waals surface area (Å²) in [5, 5.41) is 2.82. The molecule has 4 heterocycles. The zero-order valence-electron chi connectivity index (χ0n) is 17.2. The van der Waals surface area contributed by atoms with Gasteiger partial charge in [0.05, 0.1) is 17.2 Å². The van der Waals surface area contributed by atoms with Crippen LogP contribution in [-0.4, -0.2) is 59.4 Å². The second kappa shape index (κ2) is 7.81. The molecule has 1 N–H and O–H groups in total. The third-order valence-electron chi connectivity index (χ3n) is 5.94. The Morgan fingerprint density at radius 2 is 1.86 bits per heavy atom. The molecule has 7 nitrogen and oxygen atoms in total. The van der Waals surface area contributed by atoms with Crippen molar-refractivity contribution in [3.63, 3.8) is 0 Å². The maximum atomic E-state index is 12.9. The van der Waals surface area contributed by atoms with E-state index in [1.54, 1.807) is 18.3 Å². The maximum Gasteiger partial charge on any atom is 0.255 e. The number of aromatic nitrogens is 2. The number of pyridine rings is 2. The fraction of sp³-hybridized carbons (Fsp3) is 0.455. The summed E-state index contributed by atoms with van der Waals surface area (Å²) in [6, 6.07) is 5.77. The van der Waals surface area contributed by atoms with Crippen molar-refractivity contribution >= 4 is 17.6 Å². The number of amides is 2. The Kier molecular flexibility index (Phi) is 5.22. The number of rotatable bonds is 3. The number of piperazine rings is 1. The van der Waals surface area contributed by atoms with E-state index in [1.165, 1.54) is 11.1 Å². The SMILES string of the molecule is Cc1cc(C)c(N2CCN(C(=O)c3ccc(C4CCNC4=O)nc3)CC2)nc1C. The highest BCUT2D eigenvalue weighted by Gasteiger charge is 2.28. The predicted octanol–water partition coefficient (Wildman–Crippen LogP) is 1.97. The molecule has 2 saturated heterocycles. The van der Waals surface area contributed by atoms with E-state index >= 15 is 0 Å². The Balaban J connectivity index is 1.40. The van der Waals surface area contributed by atoms with E-state index in [-0.39, 0.29) is 17.7 Å². The molecular weight excluding hydrogens is 366 g/mol. The first-order valence-corrected chi connectivity index (χ1v) is 10.2. The quantitative estimate of drug-likeness (QED) is 0.863. The van der Waals surface area contributed by atoms with Gasteiger partial charge in [-0.1, -0.05) is 6.07 Å². The zero-order chi connectivity index (χ0) is 20.5. The highest BCUT2D eigenvalue weighted by Crippen LogP contribution is 2.23. The van der Waals surface area contributed by atoms with Gasteiger partial charge < -0.3 is 15.1 Å². The molecule has 0 bridgehead atoms. The number of aryl methyl sites for hydroxylation is 3. The average Bonchev–Trinajstić information content (AvgIpc) is 3.16. The predicted molar refractivity (Wildman–Crippen MR) is 111 cm³/mol. The van der Waals surface area contributed by atoms with Crippen LogP contribution < -0.4 is 10.2 Å². The van der Waals surface area contributed by atoms with Gasteiger partial charge in [-0.05, 0) is 50.5 Å². The van der Waals surface area contributed by atoms with Gasteiger partial charge in [0, 0.05) is 44.6 Å². The van der Waals surface area contributed by atoms with E-state index in [0.717, 1.165) is 36.7 Å². The van der Waals surface area contributed by atoms with Crippen LogP contribution in [0.3, 0.4) is 0 Å². The summed E-state index contributed by atoms with van der Waals surface area (Å²) in [7, 11) is 0. The smallest absolute Gasteiger partial charge is 0.255 e. The molecule has 0 aliphatic carbocycles. The molecule has 2 fully saturated rings. The summed E-state index contributed by atoms with van der Waals surface area (Å²) in [6.07, 6.45) is 2.36. The lowest BCUT2D eigenvalue weighted by Crippen LogP contribution is -2.49. The Hall–Kier alpha value is -2.96.